The van der Waals surface area contributed by atoms with Crippen LogP contribution in [0.15, 0.2) is 22.0 Å². The van der Waals surface area contributed by atoms with Crippen LogP contribution >= 0.6 is 0 Å². The molecule has 0 unspecified atom stereocenters. The highest BCUT2D eigenvalue weighted by Gasteiger charge is 2.16. The second-order valence-electron chi connectivity index (χ2n) is 4.33. The van der Waals surface area contributed by atoms with Gasteiger partial charge >= 0.3 is 11.7 Å². The Morgan fingerprint density at radius 1 is 1.45 bits per heavy atom. The van der Waals surface area contributed by atoms with Crippen LogP contribution in [0.4, 0.5) is 0 Å². The molecule has 0 saturated carbocycles. The van der Waals surface area contributed by atoms with Crippen LogP contribution in [-0.4, -0.2) is 30.4 Å². The van der Waals surface area contributed by atoms with E-state index < -0.39 is 17.2 Å². The van der Waals surface area contributed by atoms with Crippen molar-refractivity contribution in [3.8, 4) is 0 Å². The molecule has 2 heterocycles. The molecule has 0 atom stereocenters. The largest absolute Gasteiger partial charge is 0.478 e. The number of hydrogen-bond donors (Lipinski definition) is 2. The molecule has 0 aliphatic carbocycles. The number of aromatic carboxylic acids is 1. The number of aromatic amines is 1. The minimum Gasteiger partial charge on any atom is -0.478 e. The van der Waals surface area contributed by atoms with Gasteiger partial charge in [0.2, 0.25) is 0 Å². The zero-order valence-electron chi connectivity index (χ0n) is 11.1. The lowest BCUT2D eigenvalue weighted by molar-refractivity contribution is 0.0695. The molecule has 0 amide bonds. The molecule has 0 saturated heterocycles. The van der Waals surface area contributed by atoms with E-state index in [9.17, 15) is 14.4 Å². The first-order valence-electron chi connectivity index (χ1n) is 6.00. The van der Waals surface area contributed by atoms with Crippen LogP contribution in [0.25, 0.3) is 0 Å². The maximum atomic E-state index is 11.8. The average molecular weight is 278 g/mol. The van der Waals surface area contributed by atoms with Gasteiger partial charge in [-0.2, -0.15) is 5.10 Å². The predicted molar refractivity (Wildman–Crippen MR) is 70.0 cm³/mol. The third-order valence-electron chi connectivity index (χ3n) is 3.08. The Kier molecular flexibility index (Phi) is 3.55. The molecule has 0 bridgehead atoms. The van der Waals surface area contributed by atoms with Crippen molar-refractivity contribution in [2.24, 2.45) is 7.05 Å². The first kappa shape index (κ1) is 13.8. The van der Waals surface area contributed by atoms with Gasteiger partial charge in [-0.25, -0.2) is 9.59 Å². The number of nitrogens with one attached hydrogen (secondary N) is 1. The Bertz CT molecular complexity index is 768. The summed E-state index contributed by atoms with van der Waals surface area (Å²) in [6.07, 6.45) is 3.15. The number of aryl methyl sites for hydroxylation is 2. The molecular formula is C12H14N4O4. The Balaban J connectivity index is 2.50. The lowest BCUT2D eigenvalue weighted by Crippen LogP contribution is -2.32. The summed E-state index contributed by atoms with van der Waals surface area (Å²) in [6, 6.07) is 0. The van der Waals surface area contributed by atoms with Gasteiger partial charge in [0.15, 0.2) is 0 Å². The molecule has 20 heavy (non-hydrogen) atoms. The molecule has 2 N–H and O–H groups in total. The van der Waals surface area contributed by atoms with Crippen molar-refractivity contribution in [2.45, 2.75) is 19.9 Å². The smallest absolute Gasteiger partial charge is 0.339 e. The number of nitrogens with zero attached hydrogens (tertiary/aromatic N) is 3. The van der Waals surface area contributed by atoms with Crippen LogP contribution in [0, 0.1) is 0 Å². The van der Waals surface area contributed by atoms with Gasteiger partial charge in [0, 0.05) is 18.8 Å². The fourth-order valence-electron chi connectivity index (χ4n) is 1.91. The van der Waals surface area contributed by atoms with Crippen molar-refractivity contribution >= 4 is 5.97 Å². The van der Waals surface area contributed by atoms with Crippen LogP contribution < -0.4 is 11.2 Å². The highest BCUT2D eigenvalue weighted by Crippen LogP contribution is 2.08. The van der Waals surface area contributed by atoms with E-state index in [0.717, 1.165) is 0 Å². The maximum absolute atomic E-state index is 11.8. The summed E-state index contributed by atoms with van der Waals surface area (Å²) >= 11 is 0. The van der Waals surface area contributed by atoms with Crippen molar-refractivity contribution in [1.29, 1.82) is 0 Å². The van der Waals surface area contributed by atoms with Crippen molar-refractivity contribution in [1.82, 2.24) is 19.3 Å². The van der Waals surface area contributed by atoms with E-state index in [4.69, 9.17) is 5.11 Å². The van der Waals surface area contributed by atoms with Gasteiger partial charge in [-0.05, 0) is 6.42 Å². The fourth-order valence-corrected chi connectivity index (χ4v) is 1.91. The van der Waals surface area contributed by atoms with Crippen molar-refractivity contribution < 1.29 is 9.90 Å². The monoisotopic (exact) mass is 278 g/mol. The summed E-state index contributed by atoms with van der Waals surface area (Å²) in [5.41, 5.74) is -0.122. The summed E-state index contributed by atoms with van der Waals surface area (Å²) in [5, 5.41) is 12.9. The van der Waals surface area contributed by atoms with Gasteiger partial charge in [-0.15, -0.1) is 0 Å². The number of carboxylic acid groups (broad SMARTS) is 1. The molecule has 0 aromatic carbocycles. The van der Waals surface area contributed by atoms with Crippen LogP contribution in [-0.2, 0) is 20.0 Å². The zero-order chi connectivity index (χ0) is 14.9. The third-order valence-corrected chi connectivity index (χ3v) is 3.08. The van der Waals surface area contributed by atoms with E-state index in [1.807, 2.05) is 0 Å². The Morgan fingerprint density at radius 2 is 2.15 bits per heavy atom. The third kappa shape index (κ3) is 2.40. The molecule has 0 aliphatic rings. The molecule has 0 radical (unpaired) electrons. The molecule has 8 heteroatoms. The normalized spacial score (nSPS) is 10.7. The summed E-state index contributed by atoms with van der Waals surface area (Å²) < 4.78 is 2.66. The number of H-pyrrole nitrogens is 1. The van der Waals surface area contributed by atoms with E-state index in [-0.39, 0.29) is 12.1 Å². The van der Waals surface area contributed by atoms with Gasteiger partial charge in [0.05, 0.1) is 18.4 Å². The van der Waals surface area contributed by atoms with Crippen LogP contribution in [0.5, 0.6) is 0 Å². The lowest BCUT2D eigenvalue weighted by atomic mass is 10.2. The van der Waals surface area contributed by atoms with Gasteiger partial charge in [-0.1, -0.05) is 6.92 Å². The molecule has 2 rings (SSSR count). The van der Waals surface area contributed by atoms with Gasteiger partial charge in [-0.3, -0.25) is 19.0 Å². The second-order valence-corrected chi connectivity index (χ2v) is 4.33. The first-order chi connectivity index (χ1) is 9.43. The molecule has 106 valence electrons. The van der Waals surface area contributed by atoms with Crippen LogP contribution in [0.2, 0.25) is 0 Å². The maximum Gasteiger partial charge on any atom is 0.339 e. The van der Waals surface area contributed by atoms with Crippen molar-refractivity contribution in [2.75, 3.05) is 0 Å². The highest BCUT2D eigenvalue weighted by atomic mass is 16.4. The Morgan fingerprint density at radius 3 is 2.75 bits per heavy atom. The quantitative estimate of drug-likeness (QED) is 0.789. The topological polar surface area (TPSA) is 110 Å². The molecule has 0 fully saturated rings. The minimum atomic E-state index is -1.11. The van der Waals surface area contributed by atoms with Crippen molar-refractivity contribution in [3.05, 3.63) is 50.1 Å². The van der Waals surface area contributed by atoms with Crippen LogP contribution in [0.3, 0.4) is 0 Å². The predicted octanol–water partition coefficient (Wildman–Crippen LogP) is -0.421. The molecule has 2 aromatic rings. The molecule has 0 spiro atoms. The van der Waals surface area contributed by atoms with E-state index in [0.29, 0.717) is 17.7 Å². The molecule has 0 aliphatic heterocycles. The van der Waals surface area contributed by atoms with E-state index in [2.05, 4.69) is 10.1 Å². The Hall–Kier alpha value is -2.64. The second kappa shape index (κ2) is 5.16. The number of hydrogen-bond acceptors (Lipinski definition) is 4. The molecule has 2 aromatic heterocycles. The first-order valence-corrected chi connectivity index (χ1v) is 6.00. The number of carboxylic acids is 1. The van der Waals surface area contributed by atoms with E-state index in [1.165, 1.54) is 21.6 Å². The summed E-state index contributed by atoms with van der Waals surface area (Å²) in [7, 11) is 1.60. The zero-order valence-corrected chi connectivity index (χ0v) is 11.1. The number of rotatable bonds is 4. The highest BCUT2D eigenvalue weighted by molar-refractivity contribution is 5.88. The van der Waals surface area contributed by atoms with Gasteiger partial charge < -0.3 is 5.11 Å². The summed E-state index contributed by atoms with van der Waals surface area (Å²) in [4.78, 5) is 36.5. The molecule has 8 nitrogen and oxygen atoms in total. The minimum absolute atomic E-state index is 0.0285. The number of aromatic nitrogens is 4. The van der Waals surface area contributed by atoms with Gasteiger partial charge in [0.1, 0.15) is 5.56 Å². The Labute approximate surface area is 113 Å². The SMILES string of the molecule is CCc1cn(Cc2c(C(=O)O)cnn2C)c(=O)[nH]c1=O. The van der Waals surface area contributed by atoms with E-state index >= 15 is 0 Å². The summed E-state index contributed by atoms with van der Waals surface area (Å²) in [5.74, 6) is -1.11. The number of carbonyl (C=O) groups is 1. The molecular weight excluding hydrogens is 264 g/mol. The summed E-state index contributed by atoms with van der Waals surface area (Å²) in [6.45, 7) is 1.83. The fraction of sp³-hybridized carbons (Fsp3) is 0.333. The lowest BCUT2D eigenvalue weighted by Gasteiger charge is -2.08. The van der Waals surface area contributed by atoms with E-state index in [1.54, 1.807) is 14.0 Å². The van der Waals surface area contributed by atoms with Gasteiger partial charge in [0.25, 0.3) is 5.56 Å². The average Bonchev–Trinajstić information content (AvgIpc) is 2.74. The van der Waals surface area contributed by atoms with Crippen molar-refractivity contribution in [3.63, 3.8) is 0 Å². The van der Waals surface area contributed by atoms with Crippen LogP contribution in [0.1, 0.15) is 28.5 Å². The standard InChI is InChI=1S/C12H14N4O4/c1-3-7-5-16(12(20)14-10(7)17)6-9-8(11(18)19)4-13-15(9)2/h4-5H,3,6H2,1-2H3,(H,18,19)(H,14,17,20).